The van der Waals surface area contributed by atoms with E-state index in [4.69, 9.17) is 4.74 Å². The molecule has 1 aliphatic heterocycles. The predicted molar refractivity (Wildman–Crippen MR) is 102 cm³/mol. The Bertz CT molecular complexity index is 717. The van der Waals surface area contributed by atoms with Gasteiger partial charge in [-0.15, -0.1) is 0 Å². The van der Waals surface area contributed by atoms with Gasteiger partial charge in [-0.2, -0.15) is 0 Å². The largest absolute Gasteiger partial charge is 0.496 e. The van der Waals surface area contributed by atoms with Crippen LogP contribution in [0, 0.1) is 5.92 Å². The summed E-state index contributed by atoms with van der Waals surface area (Å²) in [5, 5.41) is 0. The minimum atomic E-state index is -0.0367. The van der Waals surface area contributed by atoms with E-state index in [2.05, 4.69) is 0 Å². The van der Waals surface area contributed by atoms with Gasteiger partial charge >= 0.3 is 0 Å². The van der Waals surface area contributed by atoms with E-state index in [1.807, 2.05) is 4.90 Å². The lowest BCUT2D eigenvalue weighted by molar-refractivity contribution is -0.141. The molecule has 0 spiro atoms. The number of benzene rings is 1. The van der Waals surface area contributed by atoms with E-state index in [0.29, 0.717) is 37.5 Å². The third-order valence-corrected chi connectivity index (χ3v) is 5.68. The smallest absolute Gasteiger partial charge is 0.227 e. The maximum atomic E-state index is 12.7. The minimum Gasteiger partial charge on any atom is -0.496 e. The van der Waals surface area contributed by atoms with Crippen LogP contribution in [0.3, 0.4) is 0 Å². The molecule has 0 atom stereocenters. The highest BCUT2D eigenvalue weighted by atomic mass is 16.5. The van der Waals surface area contributed by atoms with Crippen LogP contribution < -0.4 is 4.74 Å². The van der Waals surface area contributed by atoms with E-state index in [9.17, 15) is 14.4 Å². The molecule has 2 fully saturated rings. The van der Waals surface area contributed by atoms with Gasteiger partial charge in [0.15, 0.2) is 5.78 Å². The number of ether oxygens (including phenoxy) is 1. The van der Waals surface area contributed by atoms with E-state index >= 15 is 0 Å². The normalized spacial score (nSPS) is 17.9. The molecule has 146 valence electrons. The van der Waals surface area contributed by atoms with Crippen molar-refractivity contribution in [2.45, 2.75) is 39.0 Å². The lowest BCUT2D eigenvalue weighted by atomic mass is 10.0. The molecular formula is C21H28N2O4. The quantitative estimate of drug-likeness (QED) is 0.744. The average molecular weight is 372 g/mol. The first kappa shape index (κ1) is 19.4. The van der Waals surface area contributed by atoms with Crippen LogP contribution in [0.4, 0.5) is 0 Å². The number of amides is 2. The second-order valence-electron chi connectivity index (χ2n) is 7.45. The molecule has 6 heteroatoms. The fraction of sp³-hybridized carbons (Fsp3) is 0.571. The Kier molecular flexibility index (Phi) is 6.14. The Morgan fingerprint density at radius 2 is 1.67 bits per heavy atom. The van der Waals surface area contributed by atoms with Gasteiger partial charge in [-0.25, -0.2) is 0 Å². The summed E-state index contributed by atoms with van der Waals surface area (Å²) >= 11 is 0. The Labute approximate surface area is 160 Å². The van der Waals surface area contributed by atoms with E-state index in [1.54, 1.807) is 30.2 Å². The van der Waals surface area contributed by atoms with Crippen LogP contribution in [0.15, 0.2) is 18.2 Å². The van der Waals surface area contributed by atoms with Crippen molar-refractivity contribution in [3.05, 3.63) is 29.3 Å². The first-order valence-electron chi connectivity index (χ1n) is 9.74. The number of rotatable bonds is 5. The summed E-state index contributed by atoms with van der Waals surface area (Å²) in [4.78, 5) is 40.6. The summed E-state index contributed by atoms with van der Waals surface area (Å²) in [7, 11) is 1.56. The number of Topliss-reactive ketones (excluding diaryl/α,β-unsaturated/α-hetero) is 1. The summed E-state index contributed by atoms with van der Waals surface area (Å²) in [5.74, 6) is 1.03. The van der Waals surface area contributed by atoms with Gasteiger partial charge in [0.05, 0.1) is 13.5 Å². The zero-order valence-corrected chi connectivity index (χ0v) is 16.2. The van der Waals surface area contributed by atoms with Crippen LogP contribution in [-0.2, 0) is 16.0 Å². The van der Waals surface area contributed by atoms with E-state index in [-0.39, 0.29) is 29.9 Å². The monoisotopic (exact) mass is 372 g/mol. The maximum absolute atomic E-state index is 12.7. The average Bonchev–Trinajstić information content (AvgIpc) is 3.22. The highest BCUT2D eigenvalue weighted by molar-refractivity contribution is 5.94. The number of carbonyl (C=O) groups is 3. The van der Waals surface area contributed by atoms with Crippen molar-refractivity contribution in [2.75, 3.05) is 33.3 Å². The zero-order valence-electron chi connectivity index (χ0n) is 16.2. The van der Waals surface area contributed by atoms with Crippen LogP contribution in [0.2, 0.25) is 0 Å². The first-order valence-corrected chi connectivity index (χ1v) is 9.74. The fourth-order valence-electron chi connectivity index (χ4n) is 4.02. The van der Waals surface area contributed by atoms with Crippen molar-refractivity contribution in [1.82, 2.24) is 9.80 Å². The summed E-state index contributed by atoms with van der Waals surface area (Å²) < 4.78 is 5.34. The molecular weight excluding hydrogens is 344 g/mol. The summed E-state index contributed by atoms with van der Waals surface area (Å²) in [6.45, 7) is 3.84. The zero-order chi connectivity index (χ0) is 19.4. The SMILES string of the molecule is COc1ccc(C(C)=O)cc1CC(=O)N1CCN(C(=O)C2CCCC2)CC1. The standard InChI is InChI=1S/C21H28N2O4/c1-15(24)17-7-8-19(27-2)18(13-17)14-20(25)22-9-11-23(12-10-22)21(26)16-5-3-4-6-16/h7-8,13,16H,3-6,9-12,14H2,1-2H3. The second-order valence-corrected chi connectivity index (χ2v) is 7.45. The third-order valence-electron chi connectivity index (χ3n) is 5.68. The molecule has 0 bridgehead atoms. The third kappa shape index (κ3) is 4.49. The molecule has 3 rings (SSSR count). The molecule has 2 amide bonds. The van der Waals surface area contributed by atoms with Crippen molar-refractivity contribution >= 4 is 17.6 Å². The van der Waals surface area contributed by atoms with Gasteiger partial charge < -0.3 is 14.5 Å². The Balaban J connectivity index is 1.59. The molecule has 0 radical (unpaired) electrons. The Morgan fingerprint density at radius 1 is 1.04 bits per heavy atom. The maximum Gasteiger partial charge on any atom is 0.227 e. The van der Waals surface area contributed by atoms with Crippen LogP contribution in [0.5, 0.6) is 5.75 Å². The van der Waals surface area contributed by atoms with Gasteiger partial charge in [-0.1, -0.05) is 12.8 Å². The van der Waals surface area contributed by atoms with Crippen molar-refractivity contribution in [2.24, 2.45) is 5.92 Å². The van der Waals surface area contributed by atoms with Crippen molar-refractivity contribution in [3.8, 4) is 5.75 Å². The number of hydrogen-bond acceptors (Lipinski definition) is 4. The number of ketones is 1. The molecule has 1 saturated heterocycles. The van der Waals surface area contributed by atoms with Gasteiger partial charge in [-0.05, 0) is 38.0 Å². The molecule has 6 nitrogen and oxygen atoms in total. The van der Waals surface area contributed by atoms with Crippen molar-refractivity contribution in [1.29, 1.82) is 0 Å². The highest BCUT2D eigenvalue weighted by Crippen LogP contribution is 2.27. The van der Waals surface area contributed by atoms with E-state index in [1.165, 1.54) is 6.92 Å². The van der Waals surface area contributed by atoms with Gasteiger partial charge in [-0.3, -0.25) is 14.4 Å². The molecule has 1 aromatic carbocycles. The molecule has 1 aromatic rings. The second kappa shape index (κ2) is 8.55. The van der Waals surface area contributed by atoms with Gasteiger partial charge in [0.2, 0.25) is 11.8 Å². The van der Waals surface area contributed by atoms with E-state index in [0.717, 1.165) is 31.2 Å². The summed E-state index contributed by atoms with van der Waals surface area (Å²) in [6.07, 6.45) is 4.50. The topological polar surface area (TPSA) is 66.9 Å². The van der Waals surface area contributed by atoms with Crippen molar-refractivity contribution < 1.29 is 19.1 Å². The highest BCUT2D eigenvalue weighted by Gasteiger charge is 2.30. The van der Waals surface area contributed by atoms with Crippen LogP contribution in [-0.4, -0.2) is 60.7 Å². The van der Waals surface area contributed by atoms with Crippen LogP contribution in [0.1, 0.15) is 48.5 Å². The number of hydrogen-bond donors (Lipinski definition) is 0. The molecule has 1 aliphatic carbocycles. The molecule has 1 heterocycles. The molecule has 2 aliphatic rings. The first-order chi connectivity index (χ1) is 13.0. The summed E-state index contributed by atoms with van der Waals surface area (Å²) in [5.41, 5.74) is 1.30. The summed E-state index contributed by atoms with van der Waals surface area (Å²) in [6, 6.07) is 5.18. The molecule has 0 unspecified atom stereocenters. The van der Waals surface area contributed by atoms with Crippen LogP contribution in [0.25, 0.3) is 0 Å². The van der Waals surface area contributed by atoms with Gasteiger partial charge in [0.25, 0.3) is 0 Å². The molecule has 0 N–H and O–H groups in total. The lowest BCUT2D eigenvalue weighted by Crippen LogP contribution is -2.52. The lowest BCUT2D eigenvalue weighted by Gasteiger charge is -2.36. The molecule has 27 heavy (non-hydrogen) atoms. The number of piperazine rings is 1. The van der Waals surface area contributed by atoms with E-state index < -0.39 is 0 Å². The number of carbonyl (C=O) groups excluding carboxylic acids is 3. The van der Waals surface area contributed by atoms with Crippen molar-refractivity contribution in [3.63, 3.8) is 0 Å². The Hall–Kier alpha value is -2.37. The number of nitrogens with zero attached hydrogens (tertiary/aromatic N) is 2. The number of methoxy groups -OCH3 is 1. The predicted octanol–water partition coefficient (Wildman–Crippen LogP) is 2.30. The van der Waals surface area contributed by atoms with Gasteiger partial charge in [0.1, 0.15) is 5.75 Å². The molecule has 0 aromatic heterocycles. The Morgan fingerprint density at radius 3 is 2.26 bits per heavy atom. The van der Waals surface area contributed by atoms with Crippen LogP contribution >= 0.6 is 0 Å². The van der Waals surface area contributed by atoms with Gasteiger partial charge in [0, 0.05) is 43.2 Å². The fourth-order valence-corrected chi connectivity index (χ4v) is 4.02. The molecule has 1 saturated carbocycles. The minimum absolute atomic E-state index is 0.00182.